The molecule has 0 aromatic heterocycles. The Morgan fingerprint density at radius 1 is 1.21 bits per heavy atom. The van der Waals surface area contributed by atoms with Crippen LogP contribution in [0, 0.1) is 0 Å². The molecular weight excluding hydrogens is 328 g/mol. The number of methoxy groups -OCH3 is 1. The molecule has 2 aromatic rings. The highest BCUT2D eigenvalue weighted by Crippen LogP contribution is 2.28. The van der Waals surface area contributed by atoms with Crippen molar-refractivity contribution in [1.82, 2.24) is 5.43 Å². The summed E-state index contributed by atoms with van der Waals surface area (Å²) in [5, 5.41) is 4.54. The van der Waals surface area contributed by atoms with Crippen molar-refractivity contribution in [3.8, 4) is 11.5 Å². The number of rotatable bonds is 6. The number of ether oxygens (including phenoxy) is 2. The second kappa shape index (κ2) is 8.36. The van der Waals surface area contributed by atoms with E-state index in [1.165, 1.54) is 13.3 Å². The van der Waals surface area contributed by atoms with Gasteiger partial charge in [-0.2, -0.15) is 5.10 Å². The molecule has 126 valence electrons. The molecule has 0 saturated heterocycles. The van der Waals surface area contributed by atoms with Crippen LogP contribution in [-0.4, -0.2) is 25.3 Å². The van der Waals surface area contributed by atoms with Gasteiger partial charge in [-0.1, -0.05) is 23.7 Å². The van der Waals surface area contributed by atoms with Gasteiger partial charge in [0.1, 0.15) is 0 Å². The molecule has 0 aliphatic rings. The van der Waals surface area contributed by atoms with E-state index >= 15 is 0 Å². The highest BCUT2D eigenvalue weighted by atomic mass is 35.5. The summed E-state index contributed by atoms with van der Waals surface area (Å²) in [6, 6.07) is 12.1. The summed E-state index contributed by atoms with van der Waals surface area (Å²) in [5.74, 6) is 0.740. The molecule has 0 radical (unpaired) electrons. The van der Waals surface area contributed by atoms with Gasteiger partial charge >= 0.3 is 0 Å². The van der Waals surface area contributed by atoms with Crippen molar-refractivity contribution < 1.29 is 14.3 Å². The molecule has 2 rings (SSSR count). The van der Waals surface area contributed by atoms with Crippen molar-refractivity contribution in [3.63, 3.8) is 0 Å². The lowest BCUT2D eigenvalue weighted by molar-refractivity contribution is 0.0954. The summed E-state index contributed by atoms with van der Waals surface area (Å²) in [7, 11) is 1.53. The summed E-state index contributed by atoms with van der Waals surface area (Å²) in [5.41, 5.74) is 3.68. The smallest absolute Gasteiger partial charge is 0.271 e. The van der Waals surface area contributed by atoms with Gasteiger partial charge in [-0.15, -0.1) is 0 Å². The number of nitrogens with zero attached hydrogens (tertiary/aromatic N) is 1. The molecule has 0 atom stereocenters. The van der Waals surface area contributed by atoms with E-state index in [0.717, 1.165) is 5.56 Å². The van der Waals surface area contributed by atoms with E-state index in [4.69, 9.17) is 21.1 Å². The molecule has 6 heteroatoms. The third-order valence-corrected chi connectivity index (χ3v) is 3.25. The largest absolute Gasteiger partial charge is 0.493 e. The van der Waals surface area contributed by atoms with Gasteiger partial charge in [0.05, 0.1) is 19.4 Å². The van der Waals surface area contributed by atoms with Crippen LogP contribution < -0.4 is 14.9 Å². The Hall–Kier alpha value is -2.53. The molecule has 0 aliphatic carbocycles. The topological polar surface area (TPSA) is 59.9 Å². The average molecular weight is 347 g/mol. The SMILES string of the molecule is COc1cc(C(=O)N/N=C/c2cccc(Cl)c2)ccc1OC(C)C. The Labute approximate surface area is 146 Å². The zero-order valence-electron chi connectivity index (χ0n) is 13.7. The predicted octanol–water partition coefficient (Wildman–Crippen LogP) is 3.90. The van der Waals surface area contributed by atoms with E-state index in [0.29, 0.717) is 22.1 Å². The molecule has 0 unspecified atom stereocenters. The Morgan fingerprint density at radius 2 is 2.00 bits per heavy atom. The fraction of sp³-hybridized carbons (Fsp3) is 0.222. The van der Waals surface area contributed by atoms with E-state index in [1.807, 2.05) is 26.0 Å². The first-order valence-corrected chi connectivity index (χ1v) is 7.81. The summed E-state index contributed by atoms with van der Waals surface area (Å²) < 4.78 is 10.9. The summed E-state index contributed by atoms with van der Waals surface area (Å²) in [4.78, 5) is 12.2. The number of nitrogens with one attached hydrogen (secondary N) is 1. The molecule has 5 nitrogen and oxygen atoms in total. The second-order valence-corrected chi connectivity index (χ2v) is 5.72. The highest BCUT2D eigenvalue weighted by molar-refractivity contribution is 6.30. The van der Waals surface area contributed by atoms with Gasteiger partial charge in [-0.05, 0) is 49.7 Å². The first kappa shape index (κ1) is 17.8. The van der Waals surface area contributed by atoms with Crippen LogP contribution in [0.1, 0.15) is 29.8 Å². The van der Waals surface area contributed by atoms with Crippen molar-refractivity contribution >= 4 is 23.7 Å². The first-order chi connectivity index (χ1) is 11.5. The predicted molar refractivity (Wildman–Crippen MR) is 95.3 cm³/mol. The lowest BCUT2D eigenvalue weighted by Gasteiger charge is -2.14. The molecule has 0 heterocycles. The van der Waals surface area contributed by atoms with Crippen molar-refractivity contribution in [2.45, 2.75) is 20.0 Å². The standard InChI is InChI=1S/C18H19ClN2O3/c1-12(2)24-16-8-7-14(10-17(16)23-3)18(22)21-20-11-13-5-4-6-15(19)9-13/h4-12H,1-3H3,(H,21,22)/b20-11+. The van der Waals surface area contributed by atoms with E-state index in [9.17, 15) is 4.79 Å². The lowest BCUT2D eigenvalue weighted by Crippen LogP contribution is -2.18. The average Bonchev–Trinajstić information content (AvgIpc) is 2.54. The lowest BCUT2D eigenvalue weighted by atomic mass is 10.2. The second-order valence-electron chi connectivity index (χ2n) is 5.29. The maximum atomic E-state index is 12.2. The Bertz CT molecular complexity index is 745. The minimum Gasteiger partial charge on any atom is -0.493 e. The van der Waals surface area contributed by atoms with Crippen LogP contribution in [0.3, 0.4) is 0 Å². The monoisotopic (exact) mass is 346 g/mol. The van der Waals surface area contributed by atoms with Gasteiger partial charge in [0.25, 0.3) is 5.91 Å². The molecule has 0 saturated carbocycles. The van der Waals surface area contributed by atoms with Crippen LogP contribution in [-0.2, 0) is 0 Å². The Morgan fingerprint density at radius 3 is 2.67 bits per heavy atom. The van der Waals surface area contributed by atoms with Crippen molar-refractivity contribution in [1.29, 1.82) is 0 Å². The Kier molecular flexibility index (Phi) is 6.21. The van der Waals surface area contributed by atoms with Crippen molar-refractivity contribution in [2.24, 2.45) is 5.10 Å². The van der Waals surface area contributed by atoms with Crippen LogP contribution in [0.5, 0.6) is 11.5 Å². The van der Waals surface area contributed by atoms with Gasteiger partial charge in [0.2, 0.25) is 0 Å². The van der Waals surface area contributed by atoms with E-state index in [2.05, 4.69) is 10.5 Å². The van der Waals surface area contributed by atoms with Gasteiger partial charge in [-0.3, -0.25) is 4.79 Å². The summed E-state index contributed by atoms with van der Waals surface area (Å²) >= 11 is 5.89. The van der Waals surface area contributed by atoms with Crippen molar-refractivity contribution in [3.05, 3.63) is 58.6 Å². The molecular formula is C18H19ClN2O3. The summed E-state index contributed by atoms with van der Waals surface area (Å²) in [6.07, 6.45) is 1.54. The number of benzene rings is 2. The van der Waals surface area contributed by atoms with Gasteiger partial charge in [0.15, 0.2) is 11.5 Å². The number of hydrazone groups is 1. The van der Waals surface area contributed by atoms with Gasteiger partial charge in [-0.25, -0.2) is 5.43 Å². The summed E-state index contributed by atoms with van der Waals surface area (Å²) in [6.45, 7) is 3.84. The highest BCUT2D eigenvalue weighted by Gasteiger charge is 2.11. The molecule has 0 fully saturated rings. The van der Waals surface area contributed by atoms with Gasteiger partial charge < -0.3 is 9.47 Å². The maximum absolute atomic E-state index is 12.2. The minimum atomic E-state index is -0.345. The molecule has 2 aromatic carbocycles. The quantitative estimate of drug-likeness (QED) is 0.637. The van der Waals surface area contributed by atoms with Crippen molar-refractivity contribution in [2.75, 3.05) is 7.11 Å². The molecule has 0 spiro atoms. The molecule has 1 amide bonds. The van der Waals surface area contributed by atoms with Gasteiger partial charge in [0, 0.05) is 10.6 Å². The number of halogens is 1. The molecule has 0 bridgehead atoms. The molecule has 1 N–H and O–H groups in total. The number of carbonyl (C=O) groups excluding carboxylic acids is 1. The zero-order chi connectivity index (χ0) is 17.5. The van der Waals surface area contributed by atoms with Crippen LogP contribution >= 0.6 is 11.6 Å². The van der Waals surface area contributed by atoms with Crippen LogP contribution in [0.2, 0.25) is 5.02 Å². The normalized spacial score (nSPS) is 10.9. The Balaban J connectivity index is 2.06. The third-order valence-electron chi connectivity index (χ3n) is 3.02. The van der Waals surface area contributed by atoms with E-state index < -0.39 is 0 Å². The number of amides is 1. The van der Waals surface area contributed by atoms with Crippen LogP contribution in [0.4, 0.5) is 0 Å². The molecule has 0 aliphatic heterocycles. The first-order valence-electron chi connectivity index (χ1n) is 7.43. The minimum absolute atomic E-state index is 0.0147. The molecule has 24 heavy (non-hydrogen) atoms. The fourth-order valence-corrected chi connectivity index (χ4v) is 2.18. The van der Waals surface area contributed by atoms with E-state index in [-0.39, 0.29) is 12.0 Å². The third kappa shape index (κ3) is 4.99. The fourth-order valence-electron chi connectivity index (χ4n) is 1.98. The number of hydrogen-bond acceptors (Lipinski definition) is 4. The zero-order valence-corrected chi connectivity index (χ0v) is 14.5. The number of carbonyl (C=O) groups is 1. The van der Waals surface area contributed by atoms with Crippen LogP contribution in [0.25, 0.3) is 0 Å². The number of hydrogen-bond donors (Lipinski definition) is 1. The van der Waals surface area contributed by atoms with Crippen LogP contribution in [0.15, 0.2) is 47.6 Å². The van der Waals surface area contributed by atoms with E-state index in [1.54, 1.807) is 30.3 Å². The maximum Gasteiger partial charge on any atom is 0.271 e.